The fraction of sp³-hybridized carbons (Fsp3) is 0.190. The maximum atomic E-state index is 12.1. The number of hydrogen-bond acceptors (Lipinski definition) is 5. The van der Waals surface area contributed by atoms with Crippen LogP contribution in [0, 0.1) is 0 Å². The van der Waals surface area contributed by atoms with Crippen molar-refractivity contribution in [2.75, 3.05) is 11.6 Å². The first-order valence-electron chi connectivity index (χ1n) is 8.90. The van der Waals surface area contributed by atoms with E-state index in [1.807, 2.05) is 30.3 Å². The molecule has 2 aromatic carbocycles. The van der Waals surface area contributed by atoms with Crippen molar-refractivity contribution < 1.29 is 13.2 Å². The number of carbonyl (C=O) groups excluding carboxylic acids is 1. The Kier molecular flexibility index (Phi) is 6.16. The van der Waals surface area contributed by atoms with Gasteiger partial charge in [0, 0.05) is 23.9 Å². The van der Waals surface area contributed by atoms with Gasteiger partial charge in [-0.2, -0.15) is 0 Å². The first-order chi connectivity index (χ1) is 13.4. The number of sulfone groups is 1. The molecule has 6 nitrogen and oxygen atoms in total. The van der Waals surface area contributed by atoms with Crippen molar-refractivity contribution in [2.24, 2.45) is 0 Å². The summed E-state index contributed by atoms with van der Waals surface area (Å²) < 4.78 is 22.9. The lowest BCUT2D eigenvalue weighted by Crippen LogP contribution is -2.11. The highest BCUT2D eigenvalue weighted by Gasteiger charge is 2.10. The van der Waals surface area contributed by atoms with E-state index < -0.39 is 9.84 Å². The number of anilines is 1. The van der Waals surface area contributed by atoms with E-state index in [-0.39, 0.29) is 10.9 Å². The predicted octanol–water partition coefficient (Wildman–Crippen LogP) is 3.51. The molecule has 0 atom stereocenters. The monoisotopic (exact) mass is 395 g/mol. The van der Waals surface area contributed by atoms with Crippen molar-refractivity contribution in [1.82, 2.24) is 10.2 Å². The second-order valence-electron chi connectivity index (χ2n) is 6.49. The maximum Gasteiger partial charge on any atom is 0.224 e. The van der Waals surface area contributed by atoms with Gasteiger partial charge in [-0.15, -0.1) is 10.2 Å². The Balaban J connectivity index is 1.54. The number of nitrogens with one attached hydrogen (secondary N) is 1. The quantitative estimate of drug-likeness (QED) is 0.661. The summed E-state index contributed by atoms with van der Waals surface area (Å²) in [4.78, 5) is 12.1. The number of aryl methyl sites for hydroxylation is 1. The van der Waals surface area contributed by atoms with Crippen LogP contribution in [0.25, 0.3) is 11.3 Å². The van der Waals surface area contributed by atoms with Gasteiger partial charge >= 0.3 is 0 Å². The molecule has 1 aromatic heterocycles. The number of benzene rings is 2. The molecule has 0 aliphatic heterocycles. The summed E-state index contributed by atoms with van der Waals surface area (Å²) in [5.41, 5.74) is 3.28. The molecule has 0 aliphatic rings. The van der Waals surface area contributed by atoms with Gasteiger partial charge in [-0.1, -0.05) is 42.5 Å². The van der Waals surface area contributed by atoms with Crippen molar-refractivity contribution in [1.29, 1.82) is 0 Å². The number of nitrogens with zero attached hydrogens (tertiary/aromatic N) is 2. The molecule has 28 heavy (non-hydrogen) atoms. The topological polar surface area (TPSA) is 89.0 Å². The number of carbonyl (C=O) groups is 1. The Bertz CT molecular complexity index is 1030. The molecule has 1 N–H and O–H groups in total. The molecule has 1 heterocycles. The van der Waals surface area contributed by atoms with E-state index in [9.17, 15) is 13.2 Å². The van der Waals surface area contributed by atoms with E-state index in [0.717, 1.165) is 24.7 Å². The van der Waals surface area contributed by atoms with Gasteiger partial charge in [0.15, 0.2) is 14.9 Å². The summed E-state index contributed by atoms with van der Waals surface area (Å²) in [6.45, 7) is 0. The Morgan fingerprint density at radius 3 is 2.25 bits per heavy atom. The van der Waals surface area contributed by atoms with Crippen LogP contribution in [0.2, 0.25) is 0 Å². The molecule has 7 heteroatoms. The van der Waals surface area contributed by atoms with Crippen molar-refractivity contribution in [3.63, 3.8) is 0 Å². The second kappa shape index (κ2) is 8.75. The highest BCUT2D eigenvalue weighted by Crippen LogP contribution is 2.20. The fourth-order valence-corrected chi connectivity index (χ4v) is 3.22. The molecule has 0 bridgehead atoms. The third kappa shape index (κ3) is 5.47. The highest BCUT2D eigenvalue weighted by atomic mass is 32.2. The SMILES string of the molecule is CS(=O)(=O)c1ccc(-c2ccc(NC(=O)CCCc3ccccc3)cc2)nn1. The number of aromatic nitrogens is 2. The second-order valence-corrected chi connectivity index (χ2v) is 8.46. The minimum atomic E-state index is -3.37. The Morgan fingerprint density at radius 2 is 1.64 bits per heavy atom. The lowest BCUT2D eigenvalue weighted by molar-refractivity contribution is -0.116. The number of rotatable bonds is 7. The van der Waals surface area contributed by atoms with Crippen LogP contribution < -0.4 is 5.32 Å². The Morgan fingerprint density at radius 1 is 0.929 bits per heavy atom. The van der Waals surface area contributed by atoms with Crippen molar-refractivity contribution in [3.8, 4) is 11.3 Å². The molecule has 3 aromatic rings. The van der Waals surface area contributed by atoms with Gasteiger partial charge in [0.2, 0.25) is 5.91 Å². The van der Waals surface area contributed by atoms with Gasteiger partial charge < -0.3 is 5.32 Å². The predicted molar refractivity (Wildman–Crippen MR) is 109 cm³/mol. The van der Waals surface area contributed by atoms with Crippen LogP contribution in [0.15, 0.2) is 71.8 Å². The lowest BCUT2D eigenvalue weighted by atomic mass is 10.1. The molecule has 3 rings (SSSR count). The average Bonchev–Trinajstić information content (AvgIpc) is 2.69. The van der Waals surface area contributed by atoms with Crippen LogP contribution >= 0.6 is 0 Å². The lowest BCUT2D eigenvalue weighted by Gasteiger charge is -2.07. The molecule has 0 saturated carbocycles. The number of hydrogen-bond donors (Lipinski definition) is 1. The van der Waals surface area contributed by atoms with Crippen molar-refractivity contribution >= 4 is 21.4 Å². The minimum absolute atomic E-state index is 0.0269. The Hall–Kier alpha value is -3.06. The van der Waals surface area contributed by atoms with E-state index >= 15 is 0 Å². The first kappa shape index (κ1) is 19.7. The van der Waals surface area contributed by atoms with E-state index in [2.05, 4.69) is 27.6 Å². The van der Waals surface area contributed by atoms with Gasteiger partial charge in [-0.05, 0) is 42.7 Å². The minimum Gasteiger partial charge on any atom is -0.326 e. The first-order valence-corrected chi connectivity index (χ1v) is 10.8. The molecule has 0 unspecified atom stereocenters. The van der Waals surface area contributed by atoms with Crippen LogP contribution in [0.3, 0.4) is 0 Å². The van der Waals surface area contributed by atoms with Crippen LogP contribution in [0.4, 0.5) is 5.69 Å². The zero-order valence-corrected chi connectivity index (χ0v) is 16.3. The summed E-state index contributed by atoms with van der Waals surface area (Å²) in [5, 5.41) is 10.5. The van der Waals surface area contributed by atoms with E-state index in [0.29, 0.717) is 17.8 Å². The maximum absolute atomic E-state index is 12.1. The molecule has 0 spiro atoms. The van der Waals surface area contributed by atoms with Crippen LogP contribution in [-0.4, -0.2) is 30.8 Å². The highest BCUT2D eigenvalue weighted by molar-refractivity contribution is 7.90. The molecule has 0 fully saturated rings. The normalized spacial score (nSPS) is 11.2. The van der Waals surface area contributed by atoms with Gasteiger partial charge in [-0.3, -0.25) is 4.79 Å². The largest absolute Gasteiger partial charge is 0.326 e. The summed E-state index contributed by atoms with van der Waals surface area (Å²) in [5.74, 6) is -0.0269. The molecular formula is C21H21N3O3S. The molecule has 1 amide bonds. The van der Waals surface area contributed by atoms with Crippen LogP contribution in [0.5, 0.6) is 0 Å². The molecular weight excluding hydrogens is 374 g/mol. The number of amides is 1. The van der Waals surface area contributed by atoms with Crippen LogP contribution in [-0.2, 0) is 21.1 Å². The van der Waals surface area contributed by atoms with E-state index in [1.165, 1.54) is 11.6 Å². The molecule has 0 radical (unpaired) electrons. The fourth-order valence-electron chi connectivity index (χ4n) is 2.72. The molecule has 0 saturated heterocycles. The summed E-state index contributed by atoms with van der Waals surface area (Å²) in [7, 11) is -3.37. The zero-order chi connectivity index (χ0) is 20.0. The van der Waals surface area contributed by atoms with Gasteiger partial charge in [0.1, 0.15) is 0 Å². The van der Waals surface area contributed by atoms with Gasteiger partial charge in [-0.25, -0.2) is 8.42 Å². The van der Waals surface area contributed by atoms with Gasteiger partial charge in [0.25, 0.3) is 0 Å². The summed E-state index contributed by atoms with van der Waals surface area (Å²) in [6.07, 6.45) is 3.20. The Labute approximate surface area is 164 Å². The smallest absolute Gasteiger partial charge is 0.224 e. The average molecular weight is 395 g/mol. The third-order valence-corrected chi connectivity index (χ3v) is 5.17. The van der Waals surface area contributed by atoms with Crippen molar-refractivity contribution in [2.45, 2.75) is 24.3 Å². The van der Waals surface area contributed by atoms with E-state index in [4.69, 9.17) is 0 Å². The third-order valence-electron chi connectivity index (χ3n) is 4.20. The molecule has 144 valence electrons. The van der Waals surface area contributed by atoms with Gasteiger partial charge in [0.05, 0.1) is 5.69 Å². The van der Waals surface area contributed by atoms with Crippen molar-refractivity contribution in [3.05, 3.63) is 72.3 Å². The van der Waals surface area contributed by atoms with E-state index in [1.54, 1.807) is 18.2 Å². The standard InChI is InChI=1S/C21H21N3O3S/c1-28(26,27)21-15-14-19(23-24-21)17-10-12-18(13-11-17)22-20(25)9-5-8-16-6-3-2-4-7-16/h2-4,6-7,10-15H,5,8-9H2,1H3,(H,22,25). The summed E-state index contributed by atoms with van der Waals surface area (Å²) >= 11 is 0. The summed E-state index contributed by atoms with van der Waals surface area (Å²) in [6, 6.07) is 20.3. The van der Waals surface area contributed by atoms with Crippen LogP contribution in [0.1, 0.15) is 18.4 Å². The zero-order valence-electron chi connectivity index (χ0n) is 15.5. The molecule has 0 aliphatic carbocycles.